The van der Waals surface area contributed by atoms with Crippen molar-refractivity contribution in [3.8, 4) is 68.6 Å². The smallest absolute Gasteiger partial charge is 0.238 e. The van der Waals surface area contributed by atoms with Gasteiger partial charge < -0.3 is 0 Å². The van der Waals surface area contributed by atoms with Crippen molar-refractivity contribution in [3.63, 3.8) is 0 Å². The zero-order valence-electron chi connectivity index (χ0n) is 33.2. The van der Waals surface area contributed by atoms with Gasteiger partial charge in [0.2, 0.25) is 11.9 Å². The summed E-state index contributed by atoms with van der Waals surface area (Å²) in [7, 11) is 0. The van der Waals surface area contributed by atoms with Crippen LogP contribution in [-0.4, -0.2) is 39.0 Å². The second kappa shape index (κ2) is 14.6. The second-order valence-corrected chi connectivity index (χ2v) is 15.1. The van der Waals surface area contributed by atoms with Crippen LogP contribution in [0.15, 0.2) is 206 Å². The average Bonchev–Trinajstić information content (AvgIpc) is 3.88. The fourth-order valence-electron chi connectivity index (χ4n) is 8.70. The Morgan fingerprint density at radius 3 is 1.03 bits per heavy atom. The Morgan fingerprint density at radius 2 is 0.581 bits per heavy atom. The maximum Gasteiger partial charge on any atom is 0.238 e. The van der Waals surface area contributed by atoms with E-state index in [9.17, 15) is 0 Å². The molecule has 0 aliphatic rings. The van der Waals surface area contributed by atoms with E-state index >= 15 is 0 Å². The lowest BCUT2D eigenvalue weighted by atomic mass is 9.99. The topological polar surface area (TPSA) is 87.2 Å². The van der Waals surface area contributed by atoms with E-state index in [1.54, 1.807) is 0 Å². The normalized spacial score (nSPS) is 11.5. The minimum Gasteiger partial charge on any atom is -0.278 e. The van der Waals surface area contributed by atoms with Crippen molar-refractivity contribution in [2.24, 2.45) is 0 Å². The SMILES string of the molecule is c1ccc(-c2nc(-c3ccccc3)nc(-n3c4ccccc4c4c5c6ccccc6n(-c6nc(-c7ccccc7)nc(-c7ccccc7-c7ccccc7)n6)c5ccc43)n2)cc1. The van der Waals surface area contributed by atoms with Gasteiger partial charge >= 0.3 is 0 Å². The van der Waals surface area contributed by atoms with Crippen LogP contribution in [0.3, 0.4) is 0 Å². The molecule has 0 radical (unpaired) electrons. The van der Waals surface area contributed by atoms with Crippen LogP contribution in [0.2, 0.25) is 0 Å². The van der Waals surface area contributed by atoms with E-state index in [2.05, 4.69) is 112 Å². The standard InChI is InChI=1S/C54H34N8/c1-5-19-35(20-6-1)39-27-13-14-28-40(39)52-56-51(38-25-11-4-12-26-38)59-54(60-52)62-44-32-18-16-30-42(44)48-46(62)34-33-45-47(48)41-29-15-17-31-43(41)61(45)53-57-49(36-21-7-2-8-22-36)55-50(58-53)37-23-9-3-10-24-37/h1-34H. The third kappa shape index (κ3) is 5.84. The molecule has 0 aliphatic heterocycles. The highest BCUT2D eigenvalue weighted by Crippen LogP contribution is 2.42. The molecule has 0 fully saturated rings. The van der Waals surface area contributed by atoms with Crippen LogP contribution in [0.1, 0.15) is 0 Å². The van der Waals surface area contributed by atoms with Crippen molar-refractivity contribution in [1.29, 1.82) is 0 Å². The first-order chi connectivity index (χ1) is 30.8. The molecule has 0 N–H and O–H groups in total. The molecule has 8 aromatic carbocycles. The van der Waals surface area contributed by atoms with Crippen molar-refractivity contribution in [1.82, 2.24) is 39.0 Å². The van der Waals surface area contributed by atoms with E-state index in [1.165, 1.54) is 0 Å². The molecule has 0 spiro atoms. The quantitative estimate of drug-likeness (QED) is 0.160. The summed E-state index contributed by atoms with van der Waals surface area (Å²) in [5.74, 6) is 3.46. The van der Waals surface area contributed by atoms with Crippen LogP contribution in [-0.2, 0) is 0 Å². The van der Waals surface area contributed by atoms with Gasteiger partial charge in [0.25, 0.3) is 0 Å². The van der Waals surface area contributed by atoms with E-state index in [0.29, 0.717) is 35.2 Å². The zero-order chi connectivity index (χ0) is 41.0. The van der Waals surface area contributed by atoms with Crippen LogP contribution in [0.25, 0.3) is 112 Å². The third-order valence-corrected chi connectivity index (χ3v) is 11.5. The highest BCUT2D eigenvalue weighted by Gasteiger charge is 2.24. The van der Waals surface area contributed by atoms with Gasteiger partial charge in [-0.15, -0.1) is 0 Å². The van der Waals surface area contributed by atoms with Crippen LogP contribution in [0.5, 0.6) is 0 Å². The molecule has 0 aliphatic carbocycles. The number of benzene rings is 8. The van der Waals surface area contributed by atoms with Gasteiger partial charge in [-0.1, -0.05) is 182 Å². The highest BCUT2D eigenvalue weighted by molar-refractivity contribution is 6.28. The van der Waals surface area contributed by atoms with Crippen molar-refractivity contribution in [2.45, 2.75) is 0 Å². The van der Waals surface area contributed by atoms with Gasteiger partial charge in [-0.2, -0.15) is 19.9 Å². The zero-order valence-corrected chi connectivity index (χ0v) is 33.2. The molecule has 4 heterocycles. The average molecular weight is 795 g/mol. The van der Waals surface area contributed by atoms with E-state index in [1.807, 2.05) is 103 Å². The van der Waals surface area contributed by atoms with Crippen molar-refractivity contribution >= 4 is 43.6 Å². The van der Waals surface area contributed by atoms with Crippen LogP contribution in [0.4, 0.5) is 0 Å². The first kappa shape index (κ1) is 35.3. The molecule has 8 nitrogen and oxygen atoms in total. The van der Waals surface area contributed by atoms with Gasteiger partial charge in [-0.3, -0.25) is 9.13 Å². The third-order valence-electron chi connectivity index (χ3n) is 11.5. The first-order valence-electron chi connectivity index (χ1n) is 20.6. The van der Waals surface area contributed by atoms with Crippen molar-refractivity contribution < 1.29 is 0 Å². The fraction of sp³-hybridized carbons (Fsp3) is 0. The highest BCUT2D eigenvalue weighted by atomic mass is 15.2. The number of hydrogen-bond donors (Lipinski definition) is 0. The van der Waals surface area contributed by atoms with Crippen molar-refractivity contribution in [2.75, 3.05) is 0 Å². The number of hydrogen-bond acceptors (Lipinski definition) is 6. The number of rotatable bonds is 7. The first-order valence-corrected chi connectivity index (χ1v) is 20.6. The van der Waals surface area contributed by atoms with Crippen LogP contribution in [0, 0.1) is 0 Å². The lowest BCUT2D eigenvalue weighted by Crippen LogP contribution is -2.07. The molecule has 0 bridgehead atoms. The summed E-state index contributed by atoms with van der Waals surface area (Å²) in [5.41, 5.74) is 9.71. The number of para-hydroxylation sites is 2. The monoisotopic (exact) mass is 794 g/mol. The van der Waals surface area contributed by atoms with Gasteiger partial charge in [-0.25, -0.2) is 9.97 Å². The van der Waals surface area contributed by atoms with E-state index < -0.39 is 0 Å². The molecule has 0 amide bonds. The fourth-order valence-corrected chi connectivity index (χ4v) is 8.70. The Balaban J connectivity index is 1.14. The molecule has 62 heavy (non-hydrogen) atoms. The number of nitrogens with zero attached hydrogens (tertiary/aromatic N) is 8. The summed E-state index contributed by atoms with van der Waals surface area (Å²) in [6.45, 7) is 0. The number of fused-ring (bicyclic) bond motifs is 7. The summed E-state index contributed by atoms with van der Waals surface area (Å²) in [6.07, 6.45) is 0. The largest absolute Gasteiger partial charge is 0.278 e. The van der Waals surface area contributed by atoms with E-state index in [-0.39, 0.29) is 0 Å². The summed E-state index contributed by atoms with van der Waals surface area (Å²) >= 11 is 0. The lowest BCUT2D eigenvalue weighted by Gasteiger charge is -2.13. The molecule has 0 atom stereocenters. The molecule has 0 saturated carbocycles. The van der Waals surface area contributed by atoms with Crippen molar-refractivity contribution in [3.05, 3.63) is 206 Å². The van der Waals surface area contributed by atoms with E-state index in [4.69, 9.17) is 29.9 Å². The Morgan fingerprint density at radius 1 is 0.242 bits per heavy atom. The molecule has 0 saturated heterocycles. The molecule has 12 rings (SSSR count). The van der Waals surface area contributed by atoms with Gasteiger partial charge in [0.15, 0.2) is 23.3 Å². The molecular weight excluding hydrogens is 761 g/mol. The van der Waals surface area contributed by atoms with E-state index in [0.717, 1.165) is 77.0 Å². The Labute approximate surface area is 356 Å². The van der Waals surface area contributed by atoms with Gasteiger partial charge in [0.05, 0.1) is 22.1 Å². The summed E-state index contributed by atoms with van der Waals surface area (Å²) in [5, 5.41) is 4.33. The van der Waals surface area contributed by atoms with Gasteiger partial charge in [0, 0.05) is 43.8 Å². The summed E-state index contributed by atoms with van der Waals surface area (Å²) in [6, 6.07) is 70.4. The maximum atomic E-state index is 5.34. The lowest BCUT2D eigenvalue weighted by molar-refractivity contribution is 0.950. The minimum absolute atomic E-state index is 0.531. The van der Waals surface area contributed by atoms with Gasteiger partial charge in [0.1, 0.15) is 0 Å². The second-order valence-electron chi connectivity index (χ2n) is 15.1. The molecule has 290 valence electrons. The predicted octanol–water partition coefficient (Wildman–Crippen LogP) is 12.6. The molecule has 0 unspecified atom stereocenters. The minimum atomic E-state index is 0.531. The Bertz CT molecular complexity index is 3560. The molecular formula is C54H34N8. The molecule has 4 aromatic heterocycles. The Hall–Kier alpha value is -8.62. The number of aromatic nitrogens is 8. The summed E-state index contributed by atoms with van der Waals surface area (Å²) in [4.78, 5) is 31.1. The summed E-state index contributed by atoms with van der Waals surface area (Å²) < 4.78 is 4.36. The van der Waals surface area contributed by atoms with Crippen LogP contribution >= 0.6 is 0 Å². The predicted molar refractivity (Wildman–Crippen MR) is 249 cm³/mol. The van der Waals surface area contributed by atoms with Crippen LogP contribution < -0.4 is 0 Å². The Kier molecular flexibility index (Phi) is 8.31. The molecule has 12 aromatic rings. The maximum absolute atomic E-state index is 5.34. The van der Waals surface area contributed by atoms with Gasteiger partial charge in [-0.05, 0) is 35.4 Å². The molecule has 8 heteroatoms.